The molecule has 0 spiro atoms. The molecule has 0 saturated heterocycles. The summed E-state index contributed by atoms with van der Waals surface area (Å²) in [5, 5.41) is 0.531. The summed E-state index contributed by atoms with van der Waals surface area (Å²) >= 11 is 0. The van der Waals surface area contributed by atoms with Crippen molar-refractivity contribution in [1.29, 1.82) is 0 Å². The Balaban J connectivity index is 2.01. The van der Waals surface area contributed by atoms with Crippen LogP contribution in [0.3, 0.4) is 0 Å². The van der Waals surface area contributed by atoms with E-state index in [9.17, 15) is 4.79 Å². The van der Waals surface area contributed by atoms with Crippen LogP contribution in [0.2, 0.25) is 54.4 Å². The molecule has 3 aliphatic rings. The summed E-state index contributed by atoms with van der Waals surface area (Å²) in [6, 6.07) is 0. The Hall–Kier alpha value is -0.0594. The number of hydrogen-bond acceptors (Lipinski definition) is 4. The maximum absolute atomic E-state index is 13.3. The van der Waals surface area contributed by atoms with Gasteiger partial charge in [-0.05, 0) is 122 Å². The highest BCUT2D eigenvalue weighted by atomic mass is 28.4. The SMILES string of the molecule is CC(C)(C)[Si](C)(C)OC[C@@H]1[C@@H]([C@@]2(C)CC[C@H](O[Si](C)(C)C(C)(C)C)C[C@@H]2CO[Si](C)(C)C(C)(C)C)CC[C@]2(C)C(=O)C=C[C@@H]12. The molecular formula is C37H72O4Si3. The van der Waals surface area contributed by atoms with E-state index in [-0.39, 0.29) is 31.9 Å². The van der Waals surface area contributed by atoms with E-state index in [0.29, 0.717) is 29.6 Å². The van der Waals surface area contributed by atoms with Crippen LogP contribution in [0.15, 0.2) is 12.2 Å². The maximum Gasteiger partial charge on any atom is 0.192 e. The Morgan fingerprint density at radius 1 is 0.750 bits per heavy atom. The van der Waals surface area contributed by atoms with Crippen LogP contribution in [0.4, 0.5) is 0 Å². The minimum atomic E-state index is -1.95. The quantitative estimate of drug-likeness (QED) is 0.230. The summed E-state index contributed by atoms with van der Waals surface area (Å²) in [7, 11) is -5.77. The highest BCUT2D eigenvalue weighted by Gasteiger charge is 2.58. The van der Waals surface area contributed by atoms with E-state index in [1.54, 1.807) is 0 Å². The zero-order valence-electron chi connectivity index (χ0n) is 32.1. The van der Waals surface area contributed by atoms with Gasteiger partial charge in [-0.1, -0.05) is 82.2 Å². The minimum absolute atomic E-state index is 0.109. The molecule has 0 amide bonds. The number of carbonyl (C=O) groups is 1. The summed E-state index contributed by atoms with van der Waals surface area (Å²) in [6.45, 7) is 41.9. The van der Waals surface area contributed by atoms with E-state index in [4.69, 9.17) is 13.3 Å². The van der Waals surface area contributed by atoms with E-state index >= 15 is 0 Å². The molecule has 0 aromatic heterocycles. The van der Waals surface area contributed by atoms with Crippen molar-refractivity contribution in [2.24, 2.45) is 34.5 Å². The van der Waals surface area contributed by atoms with Gasteiger partial charge in [0.05, 0.1) is 0 Å². The van der Waals surface area contributed by atoms with E-state index in [1.165, 1.54) is 0 Å². The summed E-state index contributed by atoms with van der Waals surface area (Å²) in [5.74, 6) is 1.82. The molecule has 0 aromatic carbocycles. The molecule has 0 aromatic rings. The normalized spacial score (nSPS) is 34.4. The van der Waals surface area contributed by atoms with Gasteiger partial charge in [-0.3, -0.25) is 4.79 Å². The lowest BCUT2D eigenvalue weighted by molar-refractivity contribution is -0.135. The van der Waals surface area contributed by atoms with Gasteiger partial charge < -0.3 is 13.3 Å². The molecule has 0 heterocycles. The summed E-state index contributed by atoms with van der Waals surface area (Å²) in [6.07, 6.45) is 9.86. The predicted molar refractivity (Wildman–Crippen MR) is 196 cm³/mol. The number of allylic oxidation sites excluding steroid dienone is 2. The molecule has 0 radical (unpaired) electrons. The lowest BCUT2D eigenvalue weighted by Crippen LogP contribution is -2.56. The highest BCUT2D eigenvalue weighted by Crippen LogP contribution is 2.61. The summed E-state index contributed by atoms with van der Waals surface area (Å²) < 4.78 is 21.3. The lowest BCUT2D eigenvalue weighted by Gasteiger charge is -2.57. The van der Waals surface area contributed by atoms with Gasteiger partial charge in [0.25, 0.3) is 0 Å². The largest absolute Gasteiger partial charge is 0.417 e. The zero-order valence-corrected chi connectivity index (χ0v) is 35.1. The minimum Gasteiger partial charge on any atom is -0.417 e. The van der Waals surface area contributed by atoms with Crippen LogP contribution in [0, 0.1) is 34.5 Å². The number of carbonyl (C=O) groups excluding carboxylic acids is 1. The first-order valence-corrected chi connectivity index (χ1v) is 26.5. The second kappa shape index (κ2) is 12.4. The van der Waals surface area contributed by atoms with Crippen molar-refractivity contribution in [3.05, 3.63) is 12.2 Å². The van der Waals surface area contributed by atoms with E-state index < -0.39 is 25.0 Å². The topological polar surface area (TPSA) is 44.8 Å². The van der Waals surface area contributed by atoms with Gasteiger partial charge in [-0.2, -0.15) is 0 Å². The molecule has 0 unspecified atom stereocenters. The van der Waals surface area contributed by atoms with E-state index in [1.807, 2.05) is 6.08 Å². The molecule has 7 atom stereocenters. The number of ketones is 1. The third kappa shape index (κ3) is 7.48. The molecule has 0 aliphatic heterocycles. The van der Waals surface area contributed by atoms with Crippen LogP contribution >= 0.6 is 0 Å². The lowest BCUT2D eigenvalue weighted by atomic mass is 9.49. The van der Waals surface area contributed by atoms with Crippen molar-refractivity contribution in [2.45, 2.75) is 169 Å². The molecule has 0 N–H and O–H groups in total. The van der Waals surface area contributed by atoms with E-state index in [0.717, 1.165) is 45.3 Å². The highest BCUT2D eigenvalue weighted by molar-refractivity contribution is 6.74. The van der Waals surface area contributed by atoms with Crippen molar-refractivity contribution in [1.82, 2.24) is 0 Å². The average Bonchev–Trinajstić information content (AvgIpc) is 3.15. The molecule has 2 fully saturated rings. The fourth-order valence-corrected chi connectivity index (χ4v) is 11.0. The second-order valence-corrected chi connectivity index (χ2v) is 34.5. The van der Waals surface area contributed by atoms with Gasteiger partial charge >= 0.3 is 0 Å². The van der Waals surface area contributed by atoms with Gasteiger partial charge in [-0.25, -0.2) is 0 Å². The molecule has 2 saturated carbocycles. The van der Waals surface area contributed by atoms with Crippen LogP contribution < -0.4 is 0 Å². The van der Waals surface area contributed by atoms with Crippen molar-refractivity contribution in [2.75, 3.05) is 13.2 Å². The molecule has 0 bridgehead atoms. The molecule has 4 nitrogen and oxygen atoms in total. The maximum atomic E-state index is 13.3. The molecule has 3 aliphatic carbocycles. The first-order chi connectivity index (χ1) is 19.6. The monoisotopic (exact) mass is 664 g/mol. The Kier molecular flexibility index (Phi) is 10.8. The Labute approximate surface area is 276 Å². The smallest absolute Gasteiger partial charge is 0.192 e. The fraction of sp³-hybridized carbons (Fsp3) is 0.919. The second-order valence-electron chi connectivity index (χ2n) is 20.1. The summed E-state index contributed by atoms with van der Waals surface area (Å²) in [4.78, 5) is 13.3. The molecular weight excluding hydrogens is 593 g/mol. The molecule has 44 heavy (non-hydrogen) atoms. The fourth-order valence-electron chi connectivity index (χ4n) is 7.50. The van der Waals surface area contributed by atoms with Crippen LogP contribution in [-0.2, 0) is 18.1 Å². The first-order valence-electron chi connectivity index (χ1n) is 17.8. The van der Waals surface area contributed by atoms with Gasteiger partial charge in [0, 0.05) is 24.7 Å². The standard InChI is InChI=1S/C37H72O4Si3/c1-33(2,3)42(12,13)39-25-27-24-28(41-44(16,17)35(7,8)9)20-22-36(27,10)31-21-23-37(11)30(18-19-32(37)38)29(31)26-40-43(14,15)34(4,5)6/h18-19,27-31H,20-26H2,1-17H3/t27-,28+,29+,30+,31+,36+,37+/m1/s1. The van der Waals surface area contributed by atoms with E-state index in [2.05, 4.69) is 122 Å². The van der Waals surface area contributed by atoms with Crippen LogP contribution in [0.25, 0.3) is 0 Å². The molecule has 7 heteroatoms. The van der Waals surface area contributed by atoms with Crippen LogP contribution in [0.1, 0.15) is 108 Å². The Bertz CT molecular complexity index is 1060. The van der Waals surface area contributed by atoms with Gasteiger partial charge in [-0.15, -0.1) is 0 Å². The third-order valence-electron chi connectivity index (χ3n) is 14.2. The van der Waals surface area contributed by atoms with Crippen LogP contribution in [-0.4, -0.2) is 50.1 Å². The number of fused-ring (bicyclic) bond motifs is 1. The van der Waals surface area contributed by atoms with Crippen molar-refractivity contribution >= 4 is 30.7 Å². The molecule has 3 rings (SSSR count). The number of rotatable bonds is 9. The van der Waals surface area contributed by atoms with Crippen molar-refractivity contribution in [3.63, 3.8) is 0 Å². The Morgan fingerprint density at radius 3 is 1.75 bits per heavy atom. The van der Waals surface area contributed by atoms with Crippen molar-refractivity contribution in [3.8, 4) is 0 Å². The van der Waals surface area contributed by atoms with Crippen molar-refractivity contribution < 1.29 is 18.1 Å². The van der Waals surface area contributed by atoms with Gasteiger partial charge in [0.15, 0.2) is 30.7 Å². The average molecular weight is 665 g/mol. The molecule has 256 valence electrons. The van der Waals surface area contributed by atoms with Crippen LogP contribution in [0.5, 0.6) is 0 Å². The Morgan fingerprint density at radius 2 is 1.25 bits per heavy atom. The van der Waals surface area contributed by atoms with Gasteiger partial charge in [0.2, 0.25) is 0 Å². The summed E-state index contributed by atoms with van der Waals surface area (Å²) in [5.41, 5.74) is -0.179. The van der Waals surface area contributed by atoms with Gasteiger partial charge in [0.1, 0.15) is 0 Å². The predicted octanol–water partition coefficient (Wildman–Crippen LogP) is 11.0. The zero-order chi connectivity index (χ0) is 33.9. The third-order valence-corrected chi connectivity index (χ3v) is 27.7. The first kappa shape index (κ1) is 38.4. The number of hydrogen-bond donors (Lipinski definition) is 0.